The van der Waals surface area contributed by atoms with E-state index in [0.717, 1.165) is 6.07 Å². The Hall–Kier alpha value is -0.940. The molecule has 0 aromatic heterocycles. The number of benzene rings is 1. The molecule has 0 saturated heterocycles. The molecule has 6 heteroatoms. The molecule has 1 aliphatic carbocycles. The molecular weight excluding hydrogens is 257 g/mol. The molecule has 0 amide bonds. The molecule has 1 saturated carbocycles. The van der Waals surface area contributed by atoms with Crippen LogP contribution in [0.2, 0.25) is 5.02 Å². The van der Waals surface area contributed by atoms with Gasteiger partial charge >= 0.3 is 6.18 Å². The van der Waals surface area contributed by atoms with Gasteiger partial charge in [0.05, 0.1) is 16.2 Å². The van der Waals surface area contributed by atoms with Gasteiger partial charge in [-0.2, -0.15) is 13.2 Å². The van der Waals surface area contributed by atoms with Gasteiger partial charge in [0.2, 0.25) is 0 Å². The van der Waals surface area contributed by atoms with E-state index in [1.807, 2.05) is 0 Å². The second-order valence-electron chi connectivity index (χ2n) is 4.36. The fraction of sp³-hybridized carbons (Fsp3) is 0.455. The number of alkyl halides is 3. The Kier molecular flexibility index (Phi) is 2.78. The average Bonchev–Trinajstić information content (AvgIpc) is 2.88. The highest BCUT2D eigenvalue weighted by Gasteiger charge is 2.43. The lowest BCUT2D eigenvalue weighted by molar-refractivity contribution is -0.138. The van der Waals surface area contributed by atoms with E-state index in [9.17, 15) is 23.4 Å². The third kappa shape index (κ3) is 2.66. The molecule has 2 N–H and O–H groups in total. The van der Waals surface area contributed by atoms with E-state index < -0.39 is 23.1 Å². The quantitative estimate of drug-likeness (QED) is 0.863. The first kappa shape index (κ1) is 12.5. The SMILES string of the molecule is Oc1cc(C(F)(F)F)c(CC2(O)CC2)cc1Cl. The van der Waals surface area contributed by atoms with Crippen molar-refractivity contribution in [3.05, 3.63) is 28.3 Å². The van der Waals surface area contributed by atoms with Crippen LogP contribution in [0.3, 0.4) is 0 Å². The lowest BCUT2D eigenvalue weighted by Crippen LogP contribution is -2.16. The Morgan fingerprint density at radius 1 is 1.29 bits per heavy atom. The molecule has 1 aromatic carbocycles. The summed E-state index contributed by atoms with van der Waals surface area (Å²) in [6.07, 6.45) is -3.68. The molecule has 0 spiro atoms. The van der Waals surface area contributed by atoms with E-state index in [1.165, 1.54) is 0 Å². The minimum absolute atomic E-state index is 0.0831. The van der Waals surface area contributed by atoms with Gasteiger partial charge in [-0.25, -0.2) is 0 Å². The van der Waals surface area contributed by atoms with Crippen LogP contribution in [0.15, 0.2) is 12.1 Å². The molecule has 0 radical (unpaired) electrons. The predicted octanol–water partition coefficient (Wildman–Crippen LogP) is 3.13. The zero-order valence-electron chi connectivity index (χ0n) is 8.68. The Bertz CT molecular complexity index is 453. The van der Waals surface area contributed by atoms with Crippen LogP contribution in [0.25, 0.3) is 0 Å². The van der Waals surface area contributed by atoms with Gasteiger partial charge in [-0.15, -0.1) is 0 Å². The minimum atomic E-state index is -4.57. The Morgan fingerprint density at radius 2 is 1.88 bits per heavy atom. The second kappa shape index (κ2) is 3.78. The zero-order chi connectivity index (χ0) is 12.8. The number of hydrogen-bond donors (Lipinski definition) is 2. The topological polar surface area (TPSA) is 40.5 Å². The van der Waals surface area contributed by atoms with Gasteiger partial charge in [-0.1, -0.05) is 11.6 Å². The molecule has 17 heavy (non-hydrogen) atoms. The normalized spacial score (nSPS) is 18.2. The fourth-order valence-electron chi connectivity index (χ4n) is 1.69. The van der Waals surface area contributed by atoms with Gasteiger partial charge in [0.25, 0.3) is 0 Å². The third-order valence-electron chi connectivity index (χ3n) is 2.82. The van der Waals surface area contributed by atoms with Crippen LogP contribution in [0, 0.1) is 0 Å². The van der Waals surface area contributed by atoms with E-state index in [0.29, 0.717) is 18.9 Å². The smallest absolute Gasteiger partial charge is 0.416 e. The lowest BCUT2D eigenvalue weighted by atomic mass is 9.99. The number of halogens is 4. The van der Waals surface area contributed by atoms with Crippen LogP contribution in [-0.4, -0.2) is 15.8 Å². The molecule has 1 aliphatic rings. The summed E-state index contributed by atoms with van der Waals surface area (Å²) < 4.78 is 38.2. The maximum atomic E-state index is 12.7. The Labute approximate surface area is 101 Å². The van der Waals surface area contributed by atoms with Crippen molar-refractivity contribution in [3.63, 3.8) is 0 Å². The van der Waals surface area contributed by atoms with Gasteiger partial charge in [-0.3, -0.25) is 0 Å². The number of rotatable bonds is 2. The molecule has 2 rings (SSSR count). The van der Waals surface area contributed by atoms with Crippen LogP contribution >= 0.6 is 11.6 Å². The number of phenolic OH excluding ortho intramolecular Hbond substituents is 1. The summed E-state index contributed by atoms with van der Waals surface area (Å²) in [6.45, 7) is 0. The monoisotopic (exact) mass is 266 g/mol. The van der Waals surface area contributed by atoms with Crippen molar-refractivity contribution in [1.29, 1.82) is 0 Å². The Morgan fingerprint density at radius 3 is 2.35 bits per heavy atom. The highest BCUT2D eigenvalue weighted by molar-refractivity contribution is 6.32. The maximum Gasteiger partial charge on any atom is 0.416 e. The molecule has 0 atom stereocenters. The number of aromatic hydroxyl groups is 1. The first-order valence-electron chi connectivity index (χ1n) is 5.02. The number of phenols is 1. The van der Waals surface area contributed by atoms with Crippen molar-refractivity contribution < 1.29 is 23.4 Å². The van der Waals surface area contributed by atoms with Gasteiger partial charge in [0.1, 0.15) is 5.75 Å². The van der Waals surface area contributed by atoms with E-state index in [1.54, 1.807) is 0 Å². The van der Waals surface area contributed by atoms with Crippen molar-refractivity contribution in [3.8, 4) is 5.75 Å². The molecule has 0 bridgehead atoms. The first-order chi connectivity index (χ1) is 7.71. The standard InChI is InChI=1S/C11H10ClF3O2/c12-8-3-6(5-10(17)1-2-10)7(4-9(8)16)11(13,14)15/h3-4,16-17H,1-2,5H2. The van der Waals surface area contributed by atoms with Crippen molar-refractivity contribution in [2.75, 3.05) is 0 Å². The number of hydrogen-bond acceptors (Lipinski definition) is 2. The molecule has 1 fully saturated rings. The van der Waals surface area contributed by atoms with Crippen molar-refractivity contribution in [2.45, 2.75) is 31.0 Å². The zero-order valence-corrected chi connectivity index (χ0v) is 9.44. The minimum Gasteiger partial charge on any atom is -0.506 e. The van der Waals surface area contributed by atoms with Crippen LogP contribution in [0.1, 0.15) is 24.0 Å². The fourth-order valence-corrected chi connectivity index (χ4v) is 1.88. The summed E-state index contributed by atoms with van der Waals surface area (Å²) in [5.41, 5.74) is -2.07. The summed E-state index contributed by atoms with van der Waals surface area (Å²) in [5, 5.41) is 18.7. The van der Waals surface area contributed by atoms with Gasteiger partial charge in [0.15, 0.2) is 0 Å². The maximum absolute atomic E-state index is 12.7. The Balaban J connectivity index is 2.44. The van der Waals surface area contributed by atoms with Crippen molar-refractivity contribution in [1.82, 2.24) is 0 Å². The molecule has 0 unspecified atom stereocenters. The van der Waals surface area contributed by atoms with Gasteiger partial charge < -0.3 is 10.2 Å². The summed E-state index contributed by atoms with van der Waals surface area (Å²) in [4.78, 5) is 0. The molecule has 94 valence electrons. The van der Waals surface area contributed by atoms with Gasteiger partial charge in [0, 0.05) is 6.42 Å². The van der Waals surface area contributed by atoms with E-state index in [2.05, 4.69) is 0 Å². The second-order valence-corrected chi connectivity index (χ2v) is 4.77. The molecular formula is C11H10ClF3O2. The largest absolute Gasteiger partial charge is 0.506 e. The summed E-state index contributed by atoms with van der Waals surface area (Å²) >= 11 is 5.59. The third-order valence-corrected chi connectivity index (χ3v) is 3.13. The molecule has 2 nitrogen and oxygen atoms in total. The highest BCUT2D eigenvalue weighted by Crippen LogP contribution is 2.43. The average molecular weight is 267 g/mol. The van der Waals surface area contributed by atoms with Crippen molar-refractivity contribution >= 4 is 11.6 Å². The lowest BCUT2D eigenvalue weighted by Gasteiger charge is -2.16. The van der Waals surface area contributed by atoms with Crippen LogP contribution < -0.4 is 0 Å². The highest BCUT2D eigenvalue weighted by atomic mass is 35.5. The molecule has 0 heterocycles. The summed E-state index contributed by atoms with van der Waals surface area (Å²) in [7, 11) is 0. The summed E-state index contributed by atoms with van der Waals surface area (Å²) in [5.74, 6) is -0.606. The van der Waals surface area contributed by atoms with E-state index in [-0.39, 0.29) is 17.0 Å². The molecule has 1 aromatic rings. The van der Waals surface area contributed by atoms with Crippen LogP contribution in [0.4, 0.5) is 13.2 Å². The summed E-state index contributed by atoms with van der Waals surface area (Å²) in [6, 6.07) is 1.67. The first-order valence-corrected chi connectivity index (χ1v) is 5.40. The van der Waals surface area contributed by atoms with Crippen molar-refractivity contribution in [2.24, 2.45) is 0 Å². The van der Waals surface area contributed by atoms with E-state index >= 15 is 0 Å². The number of aliphatic hydroxyl groups is 1. The van der Waals surface area contributed by atoms with Crippen LogP contribution in [0.5, 0.6) is 5.75 Å². The van der Waals surface area contributed by atoms with Gasteiger partial charge in [-0.05, 0) is 30.5 Å². The van der Waals surface area contributed by atoms with E-state index in [4.69, 9.17) is 11.6 Å². The predicted molar refractivity (Wildman–Crippen MR) is 56.0 cm³/mol. The van der Waals surface area contributed by atoms with Crippen LogP contribution in [-0.2, 0) is 12.6 Å². The molecule has 0 aliphatic heterocycles.